The van der Waals surface area contributed by atoms with E-state index in [0.717, 1.165) is 14.5 Å². The Bertz CT molecular complexity index is 60.3. The van der Waals surface area contributed by atoms with E-state index in [0.29, 0.717) is 0 Å². The Morgan fingerprint density at radius 3 is 2.50 bits per heavy atom. The van der Waals surface area contributed by atoms with Crippen molar-refractivity contribution in [3.05, 3.63) is 12.2 Å². The largest absolute Gasteiger partial charge is 0.124 e. The van der Waals surface area contributed by atoms with Crippen molar-refractivity contribution in [1.29, 1.82) is 0 Å². The summed E-state index contributed by atoms with van der Waals surface area (Å²) in [5.41, 5.74) is 0. The summed E-state index contributed by atoms with van der Waals surface area (Å²) in [5, 5.41) is 0. The molecule has 1 unspecified atom stereocenters. The lowest BCUT2D eigenvalue weighted by molar-refractivity contribution is 1.11. The molecule has 0 N–H and O–H groups in total. The van der Waals surface area contributed by atoms with Crippen LogP contribution in [0.25, 0.3) is 0 Å². The summed E-state index contributed by atoms with van der Waals surface area (Å²) < 4.78 is 0. The van der Waals surface area contributed by atoms with E-state index in [-0.39, 0.29) is 0 Å². The van der Waals surface area contributed by atoms with E-state index in [2.05, 4.69) is 18.8 Å². The molecule has 0 saturated carbocycles. The Hall–Kier alpha value is 0.170. The van der Waals surface area contributed by atoms with Gasteiger partial charge < -0.3 is 0 Å². The van der Waals surface area contributed by atoms with E-state index in [1.807, 2.05) is 0 Å². The number of rotatable bonds is 2. The molecule has 0 aliphatic heterocycles. The summed E-state index contributed by atoms with van der Waals surface area (Å²) in [6, 6.07) is 0. The third-order valence-electron chi connectivity index (χ3n) is 0.904. The van der Waals surface area contributed by atoms with Gasteiger partial charge >= 0.3 is 0 Å². The first kappa shape index (κ1) is 4.33. The molecule has 0 heterocycles. The second-order valence-corrected chi connectivity index (χ2v) is 2.72. The molecule has 0 aromatic heterocycles. The van der Waals surface area contributed by atoms with Gasteiger partial charge in [0.1, 0.15) is 0 Å². The Balaban J connectivity index is 1.90. The molecule has 0 radical (unpaired) electrons. The van der Waals surface area contributed by atoms with Crippen LogP contribution in [0.2, 0.25) is 0 Å². The van der Waals surface area contributed by atoms with E-state index in [4.69, 9.17) is 0 Å². The van der Waals surface area contributed by atoms with Gasteiger partial charge in [-0.2, -0.15) is 0 Å². The van der Waals surface area contributed by atoms with Crippen LogP contribution in [-0.4, -0.2) is 12.8 Å². The topological polar surface area (TPSA) is 0 Å². The van der Waals surface area contributed by atoms with Crippen molar-refractivity contribution in [2.45, 2.75) is 0 Å². The minimum Gasteiger partial charge on any atom is -0.124 e. The van der Waals surface area contributed by atoms with Crippen molar-refractivity contribution < 1.29 is 0 Å². The van der Waals surface area contributed by atoms with Gasteiger partial charge in [0, 0.05) is 0 Å². The molecule has 0 nitrogen and oxygen atoms in total. The number of hydrogen-bond acceptors (Lipinski definition) is 0. The van der Waals surface area contributed by atoms with Crippen LogP contribution < -0.4 is 0 Å². The molecule has 0 saturated heterocycles. The molecule has 0 aromatic rings. The van der Waals surface area contributed by atoms with Crippen molar-refractivity contribution in [1.82, 2.24) is 0 Å². The lowest BCUT2D eigenvalue weighted by Gasteiger charge is -1.85. The molecule has 1 aliphatic carbocycles. The highest BCUT2D eigenvalue weighted by molar-refractivity contribution is 7.37. The van der Waals surface area contributed by atoms with Crippen LogP contribution >= 0.6 is 8.58 Å². The van der Waals surface area contributed by atoms with Gasteiger partial charge in [0.2, 0.25) is 0 Å². The minimum absolute atomic E-state index is 0.910. The van der Waals surface area contributed by atoms with E-state index in [1.165, 1.54) is 6.16 Å². The highest BCUT2D eigenvalue weighted by Crippen LogP contribution is 2.22. The summed E-state index contributed by atoms with van der Waals surface area (Å²) in [7, 11) is 1.14. The van der Waals surface area contributed by atoms with Crippen molar-refractivity contribution in [2.24, 2.45) is 5.92 Å². The smallest absolute Gasteiger partial charge is 0.00162 e. The average molecular weight is 100 g/mol. The molecule has 0 fully saturated rings. The zero-order valence-corrected chi connectivity index (χ0v) is 4.94. The fourth-order valence-electron chi connectivity index (χ4n) is 0.450. The molecule has 1 rings (SSSR count). The van der Waals surface area contributed by atoms with Gasteiger partial charge in [-0.1, -0.05) is 12.2 Å². The Morgan fingerprint density at radius 2 is 2.33 bits per heavy atom. The summed E-state index contributed by atoms with van der Waals surface area (Å²) in [6.45, 7) is 2.25. The zero-order valence-electron chi connectivity index (χ0n) is 3.94. The molecule has 1 heteroatoms. The first-order valence-electron chi connectivity index (χ1n) is 2.26. The maximum Gasteiger partial charge on any atom is -0.00162 e. The highest BCUT2D eigenvalue weighted by Gasteiger charge is 2.06. The molecular formula is C5H9P. The second kappa shape index (κ2) is 1.75. The lowest BCUT2D eigenvalue weighted by atomic mass is 10.5. The van der Waals surface area contributed by atoms with Crippen LogP contribution in [0.5, 0.6) is 0 Å². The van der Waals surface area contributed by atoms with Crippen LogP contribution in [0.4, 0.5) is 0 Å². The van der Waals surface area contributed by atoms with Gasteiger partial charge in [-0.3, -0.25) is 0 Å². The number of allylic oxidation sites excluding steroid dienone is 2. The van der Waals surface area contributed by atoms with Crippen molar-refractivity contribution >= 4 is 8.58 Å². The zero-order chi connectivity index (χ0) is 4.41. The Kier molecular flexibility index (Phi) is 1.26. The predicted molar refractivity (Wildman–Crippen MR) is 31.7 cm³/mol. The fourth-order valence-corrected chi connectivity index (χ4v) is 1.19. The second-order valence-electron chi connectivity index (χ2n) is 1.61. The minimum atomic E-state index is 0.910. The summed E-state index contributed by atoms with van der Waals surface area (Å²) in [4.78, 5) is 0. The van der Waals surface area contributed by atoms with Crippen molar-refractivity contribution in [3.8, 4) is 0 Å². The number of hydrogen-bond donors (Lipinski definition) is 0. The van der Waals surface area contributed by atoms with Crippen LogP contribution in [-0.2, 0) is 0 Å². The Morgan fingerprint density at radius 1 is 1.67 bits per heavy atom. The van der Waals surface area contributed by atoms with Crippen molar-refractivity contribution in [3.63, 3.8) is 0 Å². The van der Waals surface area contributed by atoms with Crippen molar-refractivity contribution in [2.75, 3.05) is 12.8 Å². The van der Waals surface area contributed by atoms with Crippen LogP contribution in [0.15, 0.2) is 12.2 Å². The molecule has 6 heavy (non-hydrogen) atoms. The molecule has 0 amide bonds. The standard InChI is InChI=1S/C5H9P/c1-6-4-5-2-3-5/h2-3,5-6H,4H2,1H3. The van der Waals surface area contributed by atoms with E-state index >= 15 is 0 Å². The quantitative estimate of drug-likeness (QED) is 0.364. The Labute approximate surface area is 40.4 Å². The van der Waals surface area contributed by atoms with Gasteiger partial charge in [-0.15, -0.1) is 8.58 Å². The van der Waals surface area contributed by atoms with E-state index < -0.39 is 0 Å². The maximum absolute atomic E-state index is 2.26. The first-order chi connectivity index (χ1) is 2.93. The maximum atomic E-state index is 2.26. The predicted octanol–water partition coefficient (Wildman–Crippen LogP) is 1.48. The van der Waals surface area contributed by atoms with Gasteiger partial charge in [0.25, 0.3) is 0 Å². The summed E-state index contributed by atoms with van der Waals surface area (Å²) in [6.07, 6.45) is 5.92. The molecule has 0 bridgehead atoms. The third-order valence-corrected chi connectivity index (χ3v) is 1.78. The highest BCUT2D eigenvalue weighted by atomic mass is 31.1. The van der Waals surface area contributed by atoms with Crippen LogP contribution in [0.3, 0.4) is 0 Å². The summed E-state index contributed by atoms with van der Waals surface area (Å²) in [5.74, 6) is 0.910. The third kappa shape index (κ3) is 1.10. The molecule has 1 aliphatic rings. The molecule has 34 valence electrons. The van der Waals surface area contributed by atoms with Crippen LogP contribution in [0.1, 0.15) is 0 Å². The van der Waals surface area contributed by atoms with Gasteiger partial charge in [0.15, 0.2) is 0 Å². The molecule has 1 atom stereocenters. The van der Waals surface area contributed by atoms with Gasteiger partial charge in [-0.25, -0.2) is 0 Å². The molecular weight excluding hydrogens is 91.0 g/mol. The van der Waals surface area contributed by atoms with Crippen LogP contribution in [0, 0.1) is 5.92 Å². The summed E-state index contributed by atoms with van der Waals surface area (Å²) >= 11 is 0. The normalized spacial score (nSPS) is 20.8. The molecule has 0 aromatic carbocycles. The van der Waals surface area contributed by atoms with E-state index in [9.17, 15) is 0 Å². The first-order valence-corrected chi connectivity index (χ1v) is 3.97. The monoisotopic (exact) mass is 100 g/mol. The SMILES string of the molecule is CPCC1C=C1. The van der Waals surface area contributed by atoms with Gasteiger partial charge in [0.05, 0.1) is 0 Å². The van der Waals surface area contributed by atoms with Gasteiger partial charge in [-0.05, 0) is 18.7 Å². The molecule has 0 spiro atoms. The average Bonchev–Trinajstić information content (AvgIpc) is 2.21. The fraction of sp³-hybridized carbons (Fsp3) is 0.600. The van der Waals surface area contributed by atoms with E-state index in [1.54, 1.807) is 0 Å². The lowest BCUT2D eigenvalue weighted by Crippen LogP contribution is -1.74.